The molecule has 0 heteroatoms. The average Bonchev–Trinajstić information content (AvgIpc) is 2.63. The lowest BCUT2D eigenvalue weighted by Crippen LogP contribution is -1.84. The van der Waals surface area contributed by atoms with E-state index in [0.717, 1.165) is 0 Å². The van der Waals surface area contributed by atoms with Crippen LogP contribution in [0, 0.1) is 6.42 Å². The second kappa shape index (κ2) is 24.0. The third-order valence-electron chi connectivity index (χ3n) is 5.52. The van der Waals surface area contributed by atoms with Crippen molar-refractivity contribution in [1.82, 2.24) is 0 Å². The smallest absolute Gasteiger partial charge is 0.0386 e. The Morgan fingerprint density at radius 2 is 0.560 bits per heavy atom. The summed E-state index contributed by atoms with van der Waals surface area (Å²) < 4.78 is 0. The maximum Gasteiger partial charge on any atom is -0.0386 e. The van der Waals surface area contributed by atoms with Crippen molar-refractivity contribution in [2.45, 2.75) is 155 Å². The minimum atomic E-state index is 1.37. The van der Waals surface area contributed by atoms with Crippen LogP contribution < -0.4 is 0 Å². The van der Waals surface area contributed by atoms with E-state index in [4.69, 9.17) is 0 Å². The lowest BCUT2D eigenvalue weighted by molar-refractivity contribution is 0.533. The molecule has 0 aromatic rings. The highest BCUT2D eigenvalue weighted by atomic mass is 14.0. The van der Waals surface area contributed by atoms with Crippen LogP contribution in [-0.4, -0.2) is 0 Å². The van der Waals surface area contributed by atoms with Crippen LogP contribution in [-0.2, 0) is 0 Å². The zero-order chi connectivity index (χ0) is 18.3. The monoisotopic (exact) mass is 351 g/mol. The lowest BCUT2D eigenvalue weighted by Gasteiger charge is -2.04. The van der Waals surface area contributed by atoms with Gasteiger partial charge in [-0.05, 0) is 6.42 Å². The third kappa shape index (κ3) is 24.0. The summed E-state index contributed by atoms with van der Waals surface area (Å²) in [5.41, 5.74) is 0. The highest BCUT2D eigenvalue weighted by molar-refractivity contribution is 4.64. The van der Waals surface area contributed by atoms with E-state index in [9.17, 15) is 0 Å². The van der Waals surface area contributed by atoms with Crippen LogP contribution in [0.25, 0.3) is 0 Å². The zero-order valence-corrected chi connectivity index (χ0v) is 18.1. The standard InChI is InChI=1S/C25H51/c1-3-5-7-9-11-13-15-17-19-21-23-25-24-22-20-18-16-14-12-10-8-6-4-2/h17H,3-16,18-25H2,1-2H3. The molecule has 0 bridgehead atoms. The molecule has 0 heterocycles. The van der Waals surface area contributed by atoms with Gasteiger partial charge in [-0.15, -0.1) is 0 Å². The van der Waals surface area contributed by atoms with Crippen LogP contribution in [0.2, 0.25) is 0 Å². The molecule has 0 aliphatic heterocycles. The van der Waals surface area contributed by atoms with Crippen molar-refractivity contribution in [3.05, 3.63) is 6.42 Å². The van der Waals surface area contributed by atoms with E-state index in [-0.39, 0.29) is 0 Å². The van der Waals surface area contributed by atoms with Gasteiger partial charge in [0.15, 0.2) is 0 Å². The second-order valence-corrected chi connectivity index (χ2v) is 8.23. The Morgan fingerprint density at radius 3 is 0.840 bits per heavy atom. The minimum Gasteiger partial charge on any atom is -0.0654 e. The maximum atomic E-state index is 2.56. The van der Waals surface area contributed by atoms with Crippen LogP contribution >= 0.6 is 0 Å². The molecule has 1 radical (unpaired) electrons. The Morgan fingerprint density at radius 1 is 0.320 bits per heavy atom. The molecule has 0 saturated carbocycles. The van der Waals surface area contributed by atoms with Crippen LogP contribution in [0.4, 0.5) is 0 Å². The van der Waals surface area contributed by atoms with E-state index in [1.807, 2.05) is 0 Å². The fourth-order valence-corrected chi connectivity index (χ4v) is 3.70. The van der Waals surface area contributed by atoms with Gasteiger partial charge in [0, 0.05) is 0 Å². The maximum absolute atomic E-state index is 2.56. The molecule has 0 spiro atoms. The Bertz CT molecular complexity index is 186. The molecular formula is C25H51. The Hall–Kier alpha value is 0. The quantitative estimate of drug-likeness (QED) is 0.170. The van der Waals surface area contributed by atoms with E-state index in [1.54, 1.807) is 0 Å². The Balaban J connectivity index is 2.94. The number of hydrogen-bond acceptors (Lipinski definition) is 0. The summed E-state index contributed by atoms with van der Waals surface area (Å²) in [6, 6.07) is 0. The van der Waals surface area contributed by atoms with Crippen molar-refractivity contribution >= 4 is 0 Å². The van der Waals surface area contributed by atoms with Gasteiger partial charge in [0.05, 0.1) is 0 Å². The van der Waals surface area contributed by atoms with Gasteiger partial charge in [0.25, 0.3) is 0 Å². The fourth-order valence-electron chi connectivity index (χ4n) is 3.70. The molecule has 0 unspecified atom stereocenters. The number of rotatable bonds is 22. The van der Waals surface area contributed by atoms with Gasteiger partial charge >= 0.3 is 0 Å². The first-order chi connectivity index (χ1) is 12.4. The van der Waals surface area contributed by atoms with Crippen molar-refractivity contribution in [2.75, 3.05) is 0 Å². The van der Waals surface area contributed by atoms with Gasteiger partial charge < -0.3 is 0 Å². The normalized spacial score (nSPS) is 11.3. The molecule has 0 nitrogen and oxygen atoms in total. The van der Waals surface area contributed by atoms with Gasteiger partial charge in [0.2, 0.25) is 0 Å². The summed E-state index contributed by atoms with van der Waals surface area (Å²) in [6.45, 7) is 4.60. The van der Waals surface area contributed by atoms with Gasteiger partial charge in [-0.3, -0.25) is 0 Å². The van der Waals surface area contributed by atoms with E-state index in [2.05, 4.69) is 20.3 Å². The van der Waals surface area contributed by atoms with E-state index < -0.39 is 0 Å². The predicted octanol–water partition coefficient (Wildman–Crippen LogP) is 9.81. The molecule has 0 rings (SSSR count). The van der Waals surface area contributed by atoms with Crippen LogP contribution in [0.5, 0.6) is 0 Å². The molecule has 0 aromatic carbocycles. The summed E-state index contributed by atoms with van der Waals surface area (Å²) >= 11 is 0. The molecule has 151 valence electrons. The average molecular weight is 352 g/mol. The summed E-state index contributed by atoms with van der Waals surface area (Å²) in [6.07, 6.45) is 34.4. The van der Waals surface area contributed by atoms with Crippen molar-refractivity contribution in [1.29, 1.82) is 0 Å². The number of unbranched alkanes of at least 4 members (excludes halogenated alkanes) is 22. The molecule has 0 aliphatic carbocycles. The molecule has 0 N–H and O–H groups in total. The largest absolute Gasteiger partial charge is 0.0654 e. The van der Waals surface area contributed by atoms with Gasteiger partial charge in [-0.1, -0.05) is 155 Å². The molecule has 0 atom stereocenters. The predicted molar refractivity (Wildman–Crippen MR) is 117 cm³/mol. The summed E-state index contributed by atoms with van der Waals surface area (Å²) in [4.78, 5) is 0. The van der Waals surface area contributed by atoms with Crippen molar-refractivity contribution in [3.8, 4) is 0 Å². The molecule has 0 aliphatic rings. The first kappa shape index (κ1) is 25.0. The van der Waals surface area contributed by atoms with Crippen molar-refractivity contribution < 1.29 is 0 Å². The van der Waals surface area contributed by atoms with Crippen LogP contribution in [0.3, 0.4) is 0 Å². The van der Waals surface area contributed by atoms with Gasteiger partial charge in [0.1, 0.15) is 0 Å². The molecule has 0 amide bonds. The van der Waals surface area contributed by atoms with Gasteiger partial charge in [-0.25, -0.2) is 0 Å². The lowest BCUT2D eigenvalue weighted by atomic mass is 10.0. The minimum absolute atomic E-state index is 1.37. The van der Waals surface area contributed by atoms with E-state index in [1.165, 1.54) is 141 Å². The molecule has 25 heavy (non-hydrogen) atoms. The van der Waals surface area contributed by atoms with E-state index >= 15 is 0 Å². The summed E-state index contributed by atoms with van der Waals surface area (Å²) in [7, 11) is 0. The summed E-state index contributed by atoms with van der Waals surface area (Å²) in [5, 5.41) is 0. The third-order valence-corrected chi connectivity index (χ3v) is 5.52. The fraction of sp³-hybridized carbons (Fsp3) is 0.960. The molecule has 0 fully saturated rings. The van der Waals surface area contributed by atoms with E-state index in [0.29, 0.717) is 0 Å². The van der Waals surface area contributed by atoms with Crippen molar-refractivity contribution in [2.24, 2.45) is 0 Å². The highest BCUT2D eigenvalue weighted by Crippen LogP contribution is 2.14. The Kier molecular flexibility index (Phi) is 24.0. The Labute approximate surface area is 161 Å². The first-order valence-electron chi connectivity index (χ1n) is 12.2. The topological polar surface area (TPSA) is 0 Å². The highest BCUT2D eigenvalue weighted by Gasteiger charge is 1.95. The van der Waals surface area contributed by atoms with Crippen molar-refractivity contribution in [3.63, 3.8) is 0 Å². The first-order valence-corrected chi connectivity index (χ1v) is 12.2. The molecule has 0 saturated heterocycles. The summed E-state index contributed by atoms with van der Waals surface area (Å²) in [5.74, 6) is 0. The number of hydrogen-bond donors (Lipinski definition) is 0. The second-order valence-electron chi connectivity index (χ2n) is 8.23. The van der Waals surface area contributed by atoms with Crippen LogP contribution in [0.15, 0.2) is 0 Å². The van der Waals surface area contributed by atoms with Crippen LogP contribution in [0.1, 0.15) is 155 Å². The van der Waals surface area contributed by atoms with Gasteiger partial charge in [-0.2, -0.15) is 0 Å². The molecular weight excluding hydrogens is 300 g/mol. The zero-order valence-electron chi connectivity index (χ0n) is 18.1. The molecule has 0 aromatic heterocycles. The SMILES string of the molecule is CCCCCCCC[CH]CCCCCCCCCCCCCCCC.